The Balaban J connectivity index is 1.79. The molecular formula is C18H30N2O2Si. The van der Waals surface area contributed by atoms with E-state index in [1.165, 1.54) is 11.3 Å². The van der Waals surface area contributed by atoms with E-state index in [0.29, 0.717) is 19.2 Å². The molecule has 0 saturated carbocycles. The summed E-state index contributed by atoms with van der Waals surface area (Å²) >= 11 is 0. The largest absolute Gasteiger partial charge is 0.409 e. The first-order valence-electron chi connectivity index (χ1n) is 8.60. The number of nitrogens with one attached hydrogen (secondary N) is 1. The fraction of sp³-hybridized carbons (Fsp3) is 0.667. The van der Waals surface area contributed by atoms with Crippen LogP contribution in [-0.4, -0.2) is 27.1 Å². The van der Waals surface area contributed by atoms with Crippen molar-refractivity contribution in [2.24, 2.45) is 5.73 Å². The number of fused-ring (bicyclic) bond motifs is 4. The lowest BCUT2D eigenvalue weighted by Gasteiger charge is -2.47. The van der Waals surface area contributed by atoms with Gasteiger partial charge in [-0.3, -0.25) is 0 Å². The minimum absolute atomic E-state index is 0.134. The van der Waals surface area contributed by atoms with E-state index in [1.54, 1.807) is 0 Å². The van der Waals surface area contributed by atoms with Crippen molar-refractivity contribution < 1.29 is 9.16 Å². The van der Waals surface area contributed by atoms with Crippen molar-refractivity contribution in [2.45, 2.75) is 70.1 Å². The maximum absolute atomic E-state index is 6.62. The Morgan fingerprint density at radius 3 is 2.74 bits per heavy atom. The minimum Gasteiger partial charge on any atom is -0.409 e. The smallest absolute Gasteiger partial charge is 0.192 e. The standard InChI is InChI=1S/C18H30N2O2Si/c1-18(2,3)23(4,5)22-17-11-21-16-9-15(17)20-14-7-6-12(10-19)8-13(14)16/h6-8,15-17,20H,9-11,19H2,1-5H3/t15-,16+,17+/m0/s1. The molecule has 1 fully saturated rings. The molecule has 2 aliphatic heterocycles. The average Bonchev–Trinajstić information content (AvgIpc) is 2.48. The second kappa shape index (κ2) is 5.88. The summed E-state index contributed by atoms with van der Waals surface area (Å²) in [5.74, 6) is 0. The quantitative estimate of drug-likeness (QED) is 0.826. The number of hydrogen-bond acceptors (Lipinski definition) is 4. The average molecular weight is 335 g/mol. The van der Waals surface area contributed by atoms with Gasteiger partial charge in [0.05, 0.1) is 24.9 Å². The zero-order valence-electron chi connectivity index (χ0n) is 15.0. The molecule has 0 aliphatic carbocycles. The molecule has 23 heavy (non-hydrogen) atoms. The molecule has 4 nitrogen and oxygen atoms in total. The lowest BCUT2D eigenvalue weighted by Crippen LogP contribution is -2.54. The van der Waals surface area contributed by atoms with Crippen molar-refractivity contribution in [3.63, 3.8) is 0 Å². The Morgan fingerprint density at radius 1 is 1.35 bits per heavy atom. The van der Waals surface area contributed by atoms with Crippen LogP contribution in [0.2, 0.25) is 18.1 Å². The Bertz CT molecular complexity index is 583. The van der Waals surface area contributed by atoms with Gasteiger partial charge >= 0.3 is 0 Å². The fourth-order valence-electron chi connectivity index (χ4n) is 3.15. The van der Waals surface area contributed by atoms with E-state index in [0.717, 1.165) is 12.0 Å². The molecular weight excluding hydrogens is 304 g/mol. The number of rotatable bonds is 3. The molecule has 0 aromatic heterocycles. The van der Waals surface area contributed by atoms with Crippen molar-refractivity contribution in [3.05, 3.63) is 29.3 Å². The van der Waals surface area contributed by atoms with Gasteiger partial charge in [0.15, 0.2) is 8.32 Å². The highest BCUT2D eigenvalue weighted by molar-refractivity contribution is 6.74. The highest BCUT2D eigenvalue weighted by atomic mass is 28.4. The van der Waals surface area contributed by atoms with Crippen LogP contribution in [-0.2, 0) is 15.7 Å². The van der Waals surface area contributed by atoms with Crippen molar-refractivity contribution in [1.82, 2.24) is 0 Å². The van der Waals surface area contributed by atoms with Crippen molar-refractivity contribution in [1.29, 1.82) is 0 Å². The summed E-state index contributed by atoms with van der Waals surface area (Å²) in [6.07, 6.45) is 1.27. The highest BCUT2D eigenvalue weighted by Crippen LogP contribution is 2.43. The first kappa shape index (κ1) is 17.0. The van der Waals surface area contributed by atoms with Crippen molar-refractivity contribution in [2.75, 3.05) is 11.9 Å². The summed E-state index contributed by atoms with van der Waals surface area (Å²) in [7, 11) is -1.79. The van der Waals surface area contributed by atoms with Gasteiger partial charge in [0.25, 0.3) is 0 Å². The minimum atomic E-state index is -1.79. The predicted octanol–water partition coefficient (Wildman–Crippen LogP) is 3.79. The molecule has 0 spiro atoms. The Hall–Kier alpha value is -0.883. The Kier molecular flexibility index (Phi) is 4.34. The fourth-order valence-corrected chi connectivity index (χ4v) is 4.50. The maximum atomic E-state index is 6.62. The molecule has 3 N–H and O–H groups in total. The summed E-state index contributed by atoms with van der Waals surface area (Å²) in [6.45, 7) is 12.7. The van der Waals surface area contributed by atoms with E-state index in [2.05, 4.69) is 57.4 Å². The van der Waals surface area contributed by atoms with Crippen LogP contribution < -0.4 is 11.1 Å². The molecule has 3 rings (SSSR count). The van der Waals surface area contributed by atoms with Crippen molar-refractivity contribution in [3.8, 4) is 0 Å². The Morgan fingerprint density at radius 2 is 2.09 bits per heavy atom. The number of ether oxygens (including phenoxy) is 1. The first-order valence-corrected chi connectivity index (χ1v) is 11.5. The van der Waals surface area contributed by atoms with E-state index in [4.69, 9.17) is 14.9 Å². The lowest BCUT2D eigenvalue weighted by atomic mass is 9.89. The molecule has 5 heteroatoms. The molecule has 2 aliphatic rings. The van der Waals surface area contributed by atoms with Crippen LogP contribution in [0.5, 0.6) is 0 Å². The first-order chi connectivity index (χ1) is 10.7. The Labute approximate surface area is 140 Å². The molecule has 2 bridgehead atoms. The summed E-state index contributed by atoms with van der Waals surface area (Å²) in [5.41, 5.74) is 9.34. The monoisotopic (exact) mass is 334 g/mol. The number of benzene rings is 1. The summed E-state index contributed by atoms with van der Waals surface area (Å²) in [5, 5.41) is 3.89. The molecule has 0 radical (unpaired) electrons. The molecule has 128 valence electrons. The van der Waals surface area contributed by atoms with E-state index in [1.807, 2.05) is 0 Å². The van der Waals surface area contributed by atoms with Crippen LogP contribution in [0.25, 0.3) is 0 Å². The second-order valence-electron chi connectivity index (χ2n) is 8.35. The molecule has 3 atom stereocenters. The zero-order valence-corrected chi connectivity index (χ0v) is 16.0. The third-order valence-electron chi connectivity index (χ3n) is 5.67. The van der Waals surface area contributed by atoms with Gasteiger partial charge in [-0.15, -0.1) is 0 Å². The van der Waals surface area contributed by atoms with E-state index in [-0.39, 0.29) is 17.2 Å². The highest BCUT2D eigenvalue weighted by Gasteiger charge is 2.44. The number of hydrogen-bond donors (Lipinski definition) is 2. The lowest BCUT2D eigenvalue weighted by molar-refractivity contribution is -0.0620. The third-order valence-corrected chi connectivity index (χ3v) is 10.2. The topological polar surface area (TPSA) is 56.5 Å². The molecule has 0 amide bonds. The normalized spacial score (nSPS) is 27.3. The summed E-state index contributed by atoms with van der Waals surface area (Å²) in [4.78, 5) is 0. The van der Waals surface area contributed by atoms with Crippen LogP contribution >= 0.6 is 0 Å². The van der Waals surface area contributed by atoms with Gasteiger partial charge < -0.3 is 20.2 Å². The van der Waals surface area contributed by atoms with Crippen LogP contribution in [0.4, 0.5) is 5.69 Å². The number of nitrogens with two attached hydrogens (primary N) is 1. The zero-order chi connectivity index (χ0) is 16.8. The van der Waals surface area contributed by atoms with Gasteiger partial charge in [-0.25, -0.2) is 0 Å². The van der Waals surface area contributed by atoms with Gasteiger partial charge in [-0.1, -0.05) is 26.8 Å². The van der Waals surface area contributed by atoms with Crippen LogP contribution in [0.15, 0.2) is 18.2 Å². The van der Waals surface area contributed by atoms with Gasteiger partial charge in [-0.2, -0.15) is 0 Å². The van der Waals surface area contributed by atoms with Crippen LogP contribution in [0.3, 0.4) is 0 Å². The molecule has 0 unspecified atom stereocenters. The van der Waals surface area contributed by atoms with Gasteiger partial charge in [0.2, 0.25) is 0 Å². The van der Waals surface area contributed by atoms with Crippen LogP contribution in [0, 0.1) is 0 Å². The van der Waals surface area contributed by atoms with Gasteiger partial charge in [0, 0.05) is 24.2 Å². The molecule has 1 aromatic rings. The van der Waals surface area contributed by atoms with Crippen molar-refractivity contribution >= 4 is 14.0 Å². The molecule has 1 aromatic carbocycles. The SMILES string of the molecule is CC(C)(C)[Si](C)(C)O[C@@H]1CO[C@@H]2C[C@@H]1Nc1ccc(CN)cc12. The van der Waals surface area contributed by atoms with E-state index >= 15 is 0 Å². The van der Waals surface area contributed by atoms with Gasteiger partial charge in [-0.05, 0) is 35.8 Å². The summed E-state index contributed by atoms with van der Waals surface area (Å²) < 4.78 is 12.8. The maximum Gasteiger partial charge on any atom is 0.192 e. The molecule has 2 heterocycles. The molecule has 1 saturated heterocycles. The predicted molar refractivity (Wildman–Crippen MR) is 97.1 cm³/mol. The van der Waals surface area contributed by atoms with E-state index < -0.39 is 8.32 Å². The number of anilines is 1. The van der Waals surface area contributed by atoms with E-state index in [9.17, 15) is 0 Å². The summed E-state index contributed by atoms with van der Waals surface area (Å²) in [6, 6.07) is 6.74. The van der Waals surface area contributed by atoms with Crippen LogP contribution in [0.1, 0.15) is 44.4 Å². The van der Waals surface area contributed by atoms with Gasteiger partial charge in [0.1, 0.15) is 0 Å². The third kappa shape index (κ3) is 3.20. The second-order valence-corrected chi connectivity index (χ2v) is 13.1.